The fraction of sp³-hybridized carbons (Fsp3) is 0.125. The molecule has 0 saturated heterocycles. The Morgan fingerprint density at radius 2 is 1.03 bits per heavy atom. The van der Waals surface area contributed by atoms with Crippen molar-refractivity contribution in [2.24, 2.45) is 0 Å². The first-order valence-electron chi connectivity index (χ1n) is 11.8. The van der Waals surface area contributed by atoms with Gasteiger partial charge in [0, 0.05) is 0 Å². The Balaban J connectivity index is 1.95. The first-order chi connectivity index (χ1) is 16.1. The van der Waals surface area contributed by atoms with E-state index in [1.54, 1.807) is 5.20 Å². The molecule has 5 rings (SSSR count). The lowest BCUT2D eigenvalue weighted by molar-refractivity contribution is 1.37. The molecule has 0 atom stereocenters. The van der Waals surface area contributed by atoms with Crippen LogP contribution in [0.3, 0.4) is 0 Å². The van der Waals surface area contributed by atoms with Crippen LogP contribution in [0.5, 0.6) is 0 Å². The monoisotopic (exact) mass is 442 g/mol. The minimum Gasteiger partial charge on any atom is -0.0802 e. The lowest BCUT2D eigenvalue weighted by Crippen LogP contribution is -2.68. The number of benzene rings is 4. The summed E-state index contributed by atoms with van der Waals surface area (Å²) in [6, 6.07) is 38.7. The van der Waals surface area contributed by atoms with E-state index in [0.29, 0.717) is 0 Å². The Hall–Kier alpha value is -3.42. The molecule has 33 heavy (non-hydrogen) atoms. The molecule has 0 unspecified atom stereocenters. The third kappa shape index (κ3) is 3.83. The molecule has 0 heterocycles. The molecule has 0 spiro atoms. The van der Waals surface area contributed by atoms with Gasteiger partial charge >= 0.3 is 0 Å². The topological polar surface area (TPSA) is 0 Å². The van der Waals surface area contributed by atoms with Gasteiger partial charge in [0.25, 0.3) is 0 Å². The molecule has 0 aromatic heterocycles. The van der Waals surface area contributed by atoms with E-state index in [-0.39, 0.29) is 0 Å². The van der Waals surface area contributed by atoms with Gasteiger partial charge in [-0.25, -0.2) is 0 Å². The van der Waals surface area contributed by atoms with Crippen LogP contribution in [0.25, 0.3) is 5.57 Å². The van der Waals surface area contributed by atoms with E-state index in [4.69, 9.17) is 0 Å². The molecule has 0 saturated carbocycles. The van der Waals surface area contributed by atoms with E-state index in [0.717, 1.165) is 6.42 Å². The summed E-state index contributed by atoms with van der Waals surface area (Å²) < 4.78 is 0. The highest BCUT2D eigenvalue weighted by molar-refractivity contribution is 7.16. The minimum absolute atomic E-state index is 0.992. The second-order valence-corrected chi connectivity index (χ2v) is 13.1. The quantitative estimate of drug-likeness (QED) is 0.261. The minimum atomic E-state index is -2.51. The first kappa shape index (κ1) is 21.4. The molecule has 0 amide bonds. The van der Waals surface area contributed by atoms with Crippen molar-refractivity contribution in [2.75, 3.05) is 0 Å². The maximum Gasteiger partial charge on any atom is 0.176 e. The smallest absolute Gasteiger partial charge is 0.0802 e. The molecular formula is C32H30Si. The van der Waals surface area contributed by atoms with Crippen LogP contribution in [0.1, 0.15) is 28.7 Å². The Kier molecular flexibility index (Phi) is 5.74. The van der Waals surface area contributed by atoms with E-state index in [1.807, 2.05) is 0 Å². The highest BCUT2D eigenvalue weighted by Crippen LogP contribution is 2.34. The Labute approximate surface area is 199 Å². The Morgan fingerprint density at radius 1 is 0.545 bits per heavy atom. The van der Waals surface area contributed by atoms with E-state index in [2.05, 4.69) is 136 Å². The summed E-state index contributed by atoms with van der Waals surface area (Å²) >= 11 is 0. The highest BCUT2D eigenvalue weighted by Gasteiger charge is 2.44. The van der Waals surface area contributed by atoms with Crippen LogP contribution in [0.2, 0.25) is 0 Å². The van der Waals surface area contributed by atoms with Gasteiger partial charge in [-0.15, -0.1) is 0 Å². The van der Waals surface area contributed by atoms with Crippen LogP contribution in [-0.2, 0) is 0 Å². The van der Waals surface area contributed by atoms with Crippen LogP contribution in [0, 0.1) is 20.8 Å². The summed E-state index contributed by atoms with van der Waals surface area (Å²) in [4.78, 5) is 0. The van der Waals surface area contributed by atoms with Crippen LogP contribution in [-0.4, -0.2) is 8.07 Å². The summed E-state index contributed by atoms with van der Waals surface area (Å²) in [5.74, 6) is 0. The molecule has 4 aromatic rings. The fourth-order valence-electron chi connectivity index (χ4n) is 5.41. The summed E-state index contributed by atoms with van der Waals surface area (Å²) in [5.41, 5.74) is 6.66. The second-order valence-electron chi connectivity index (χ2n) is 9.22. The summed E-state index contributed by atoms with van der Waals surface area (Å²) in [6.07, 6.45) is 5.71. The molecule has 1 aliphatic rings. The zero-order valence-electron chi connectivity index (χ0n) is 19.7. The van der Waals surface area contributed by atoms with Crippen molar-refractivity contribution in [3.63, 3.8) is 0 Å². The molecule has 162 valence electrons. The van der Waals surface area contributed by atoms with Gasteiger partial charge in [0.05, 0.1) is 0 Å². The van der Waals surface area contributed by atoms with Gasteiger partial charge in [-0.1, -0.05) is 137 Å². The lowest BCUT2D eigenvalue weighted by atomic mass is 10.1. The standard InChI is InChI=1S/C32H30Si/c1-24-11-7-16-28(21-24)33(29-17-8-12-25(2)22-29,30-18-9-13-26(3)23-30)32-20-10-19-31(32)27-14-5-4-6-15-27/h4-19,21-23H,20H2,1-3H3. The molecule has 1 heteroatoms. The van der Waals surface area contributed by atoms with Crippen molar-refractivity contribution < 1.29 is 0 Å². The van der Waals surface area contributed by atoms with Crippen molar-refractivity contribution in [3.05, 3.63) is 143 Å². The van der Waals surface area contributed by atoms with E-state index >= 15 is 0 Å². The number of rotatable bonds is 5. The second kappa shape index (κ2) is 8.84. The molecular weight excluding hydrogens is 412 g/mol. The molecule has 0 bridgehead atoms. The SMILES string of the molecule is Cc1cccc([Si](C2=C(c3ccccc3)C=CC2)(c2cccc(C)c2)c2cccc(C)c2)c1. The number of hydrogen-bond acceptors (Lipinski definition) is 0. The highest BCUT2D eigenvalue weighted by atomic mass is 28.3. The normalized spacial score (nSPS) is 13.5. The average Bonchev–Trinajstić information content (AvgIpc) is 3.31. The van der Waals surface area contributed by atoms with Crippen molar-refractivity contribution >= 4 is 29.2 Å². The van der Waals surface area contributed by atoms with Gasteiger partial charge in [-0.2, -0.15) is 0 Å². The van der Waals surface area contributed by atoms with Crippen LogP contribution in [0.15, 0.2) is 120 Å². The lowest BCUT2D eigenvalue weighted by Gasteiger charge is -2.37. The summed E-state index contributed by atoms with van der Waals surface area (Å²) in [7, 11) is -2.51. The largest absolute Gasteiger partial charge is 0.176 e. The Morgan fingerprint density at radius 3 is 1.48 bits per heavy atom. The molecule has 4 aromatic carbocycles. The van der Waals surface area contributed by atoms with Gasteiger partial charge in [0.2, 0.25) is 0 Å². The number of aryl methyl sites for hydroxylation is 3. The zero-order valence-corrected chi connectivity index (χ0v) is 20.7. The van der Waals surface area contributed by atoms with Crippen molar-refractivity contribution in [1.29, 1.82) is 0 Å². The van der Waals surface area contributed by atoms with Gasteiger partial charge in [0.1, 0.15) is 0 Å². The molecule has 0 aliphatic heterocycles. The van der Waals surface area contributed by atoms with Gasteiger partial charge in [-0.3, -0.25) is 0 Å². The third-order valence-electron chi connectivity index (χ3n) is 6.82. The third-order valence-corrected chi connectivity index (χ3v) is 11.7. The van der Waals surface area contributed by atoms with Gasteiger partial charge in [0.15, 0.2) is 8.07 Å². The zero-order chi connectivity index (χ0) is 22.8. The number of allylic oxidation sites excluding steroid dienone is 4. The average molecular weight is 443 g/mol. The summed E-state index contributed by atoms with van der Waals surface area (Å²) in [5, 5.41) is 5.97. The molecule has 0 nitrogen and oxygen atoms in total. The van der Waals surface area contributed by atoms with Crippen molar-refractivity contribution in [1.82, 2.24) is 0 Å². The number of hydrogen-bond donors (Lipinski definition) is 0. The molecule has 1 aliphatic carbocycles. The Bertz CT molecular complexity index is 1250. The van der Waals surface area contributed by atoms with E-state index in [9.17, 15) is 0 Å². The predicted molar refractivity (Wildman–Crippen MR) is 145 cm³/mol. The maximum absolute atomic E-state index is 2.51. The first-order valence-corrected chi connectivity index (χ1v) is 13.8. The van der Waals surface area contributed by atoms with E-state index in [1.165, 1.54) is 43.4 Å². The van der Waals surface area contributed by atoms with E-state index < -0.39 is 8.07 Å². The fourth-order valence-corrected chi connectivity index (χ4v) is 10.9. The van der Waals surface area contributed by atoms with Crippen molar-refractivity contribution in [2.45, 2.75) is 27.2 Å². The van der Waals surface area contributed by atoms with Crippen LogP contribution in [0.4, 0.5) is 0 Å². The summed E-state index contributed by atoms with van der Waals surface area (Å²) in [6.45, 7) is 6.65. The predicted octanol–water partition coefficient (Wildman–Crippen LogP) is 6.03. The molecule has 0 radical (unpaired) electrons. The van der Waals surface area contributed by atoms with Crippen LogP contribution < -0.4 is 15.6 Å². The van der Waals surface area contributed by atoms with Gasteiger partial charge in [-0.05, 0) is 53.9 Å². The molecule has 0 fully saturated rings. The maximum atomic E-state index is 2.44. The molecule has 0 N–H and O–H groups in total. The van der Waals surface area contributed by atoms with Gasteiger partial charge < -0.3 is 0 Å². The van der Waals surface area contributed by atoms with Crippen molar-refractivity contribution in [3.8, 4) is 0 Å². The van der Waals surface area contributed by atoms with Crippen LogP contribution >= 0.6 is 0 Å².